The van der Waals surface area contributed by atoms with Crippen LogP contribution in [0, 0.1) is 0 Å². The molecule has 0 aliphatic rings. The second-order valence-corrected chi connectivity index (χ2v) is 3.24. The highest BCUT2D eigenvalue weighted by molar-refractivity contribution is 6.33. The number of hydrogen-bond acceptors (Lipinski definition) is 3. The summed E-state index contributed by atoms with van der Waals surface area (Å²) in [4.78, 5) is 7.99. The second-order valence-electron chi connectivity index (χ2n) is 2.47. The molecule has 0 saturated carbocycles. The summed E-state index contributed by atoms with van der Waals surface area (Å²) in [5, 5.41) is 0.670. The van der Waals surface area contributed by atoms with Crippen LogP contribution in [0.4, 0.5) is 0 Å². The molecule has 0 N–H and O–H groups in total. The Morgan fingerprint density at radius 2 is 1.92 bits per heavy atom. The smallest absolute Gasteiger partial charge is 0.160 e. The average molecular weight is 221 g/mol. The molecule has 3 nitrogen and oxygen atoms in total. The highest BCUT2D eigenvalue weighted by Gasteiger charge is 2.09. The van der Waals surface area contributed by atoms with E-state index in [1.54, 1.807) is 0 Å². The summed E-state index contributed by atoms with van der Waals surface area (Å²) in [6.07, 6.45) is -0.179. The molecule has 1 heterocycles. The molecular weight excluding hydrogens is 211 g/mol. The van der Waals surface area contributed by atoms with Gasteiger partial charge in [-0.15, -0.1) is 0 Å². The van der Waals surface area contributed by atoms with Gasteiger partial charge in [-0.1, -0.05) is 23.2 Å². The lowest BCUT2D eigenvalue weighted by molar-refractivity contribution is 0.0701. The maximum absolute atomic E-state index is 5.70. The first-order chi connectivity index (χ1) is 6.13. The van der Waals surface area contributed by atoms with E-state index >= 15 is 0 Å². The molecule has 0 amide bonds. The third kappa shape index (κ3) is 3.10. The van der Waals surface area contributed by atoms with Crippen molar-refractivity contribution in [3.63, 3.8) is 0 Å². The Kier molecular flexibility index (Phi) is 3.90. The van der Waals surface area contributed by atoms with Crippen LogP contribution in [-0.2, 0) is 4.74 Å². The summed E-state index contributed by atoms with van der Waals surface area (Å²) in [5.41, 5.74) is 0. The molecule has 0 aromatic carbocycles. The molecule has 0 fully saturated rings. The first-order valence-corrected chi connectivity index (χ1v) is 4.70. The fourth-order valence-electron chi connectivity index (χ4n) is 0.913. The van der Waals surface area contributed by atoms with Gasteiger partial charge >= 0.3 is 0 Å². The number of aromatic nitrogens is 2. The van der Waals surface area contributed by atoms with Crippen LogP contribution < -0.4 is 0 Å². The molecule has 0 aliphatic heterocycles. The molecule has 0 saturated heterocycles. The van der Waals surface area contributed by atoms with E-state index in [1.807, 2.05) is 13.8 Å². The van der Waals surface area contributed by atoms with Crippen molar-refractivity contribution in [1.29, 1.82) is 0 Å². The van der Waals surface area contributed by atoms with Crippen molar-refractivity contribution in [2.75, 3.05) is 6.61 Å². The van der Waals surface area contributed by atoms with Crippen LogP contribution in [0.1, 0.15) is 25.8 Å². The molecule has 1 atom stereocenters. The minimum absolute atomic E-state index is 0.179. The van der Waals surface area contributed by atoms with E-state index in [-0.39, 0.29) is 6.10 Å². The molecule has 13 heavy (non-hydrogen) atoms. The molecule has 0 radical (unpaired) electrons. The molecule has 1 aromatic rings. The van der Waals surface area contributed by atoms with E-state index in [0.717, 1.165) is 0 Å². The molecule has 72 valence electrons. The van der Waals surface area contributed by atoms with E-state index in [9.17, 15) is 0 Å². The van der Waals surface area contributed by atoms with Gasteiger partial charge in [-0.25, -0.2) is 9.97 Å². The van der Waals surface area contributed by atoms with Crippen molar-refractivity contribution in [3.8, 4) is 0 Å². The van der Waals surface area contributed by atoms with Crippen molar-refractivity contribution in [2.45, 2.75) is 20.0 Å². The topological polar surface area (TPSA) is 35.0 Å². The van der Waals surface area contributed by atoms with Gasteiger partial charge in [-0.2, -0.15) is 0 Å². The van der Waals surface area contributed by atoms with Crippen molar-refractivity contribution in [1.82, 2.24) is 9.97 Å². The van der Waals surface area contributed by atoms with Crippen LogP contribution in [0.2, 0.25) is 10.3 Å². The Morgan fingerprint density at radius 1 is 1.38 bits per heavy atom. The van der Waals surface area contributed by atoms with Crippen LogP contribution in [0.5, 0.6) is 0 Å². The van der Waals surface area contributed by atoms with Gasteiger partial charge in [0.25, 0.3) is 0 Å². The van der Waals surface area contributed by atoms with E-state index in [4.69, 9.17) is 27.9 Å². The predicted molar refractivity (Wildman–Crippen MR) is 52.1 cm³/mol. The highest BCUT2D eigenvalue weighted by Crippen LogP contribution is 2.17. The summed E-state index contributed by atoms with van der Waals surface area (Å²) in [7, 11) is 0. The molecule has 0 spiro atoms. The normalized spacial score (nSPS) is 12.9. The van der Waals surface area contributed by atoms with Crippen molar-refractivity contribution in [3.05, 3.63) is 22.2 Å². The Labute approximate surface area is 87.1 Å². The Hall–Kier alpha value is -0.380. The predicted octanol–water partition coefficient (Wildman–Crippen LogP) is 2.88. The molecule has 0 aliphatic carbocycles. The summed E-state index contributed by atoms with van der Waals surface area (Å²) >= 11 is 11.4. The first-order valence-electron chi connectivity index (χ1n) is 3.95. The third-order valence-electron chi connectivity index (χ3n) is 1.46. The number of halogens is 2. The minimum Gasteiger partial charge on any atom is -0.371 e. The zero-order chi connectivity index (χ0) is 9.84. The molecule has 0 bridgehead atoms. The summed E-state index contributed by atoms with van der Waals surface area (Å²) in [5.74, 6) is 0.513. The van der Waals surface area contributed by atoms with Crippen LogP contribution in [-0.4, -0.2) is 16.6 Å². The van der Waals surface area contributed by atoms with Gasteiger partial charge in [-0.3, -0.25) is 0 Å². The second kappa shape index (κ2) is 4.74. The van der Waals surface area contributed by atoms with Gasteiger partial charge in [0.2, 0.25) is 0 Å². The van der Waals surface area contributed by atoms with Gasteiger partial charge < -0.3 is 4.74 Å². The van der Waals surface area contributed by atoms with Gasteiger partial charge in [0.15, 0.2) is 5.82 Å². The standard InChI is InChI=1S/C8H10Cl2N2O/c1-3-13-5(2)8-11-6(9)4-7(10)12-8/h4-5H,3H2,1-2H3. The first kappa shape index (κ1) is 10.7. The maximum Gasteiger partial charge on any atom is 0.160 e. The van der Waals surface area contributed by atoms with E-state index in [1.165, 1.54) is 6.07 Å². The van der Waals surface area contributed by atoms with E-state index in [0.29, 0.717) is 22.7 Å². The number of nitrogens with zero attached hydrogens (tertiary/aromatic N) is 2. The molecule has 1 unspecified atom stereocenters. The van der Waals surface area contributed by atoms with Crippen LogP contribution in [0.25, 0.3) is 0 Å². The number of ether oxygens (including phenoxy) is 1. The zero-order valence-corrected chi connectivity index (χ0v) is 8.93. The fraction of sp³-hybridized carbons (Fsp3) is 0.500. The van der Waals surface area contributed by atoms with Crippen molar-refractivity contribution < 1.29 is 4.74 Å². The minimum atomic E-state index is -0.179. The average Bonchev–Trinajstić information content (AvgIpc) is 2.03. The van der Waals surface area contributed by atoms with Crippen LogP contribution in [0.3, 0.4) is 0 Å². The number of hydrogen-bond donors (Lipinski definition) is 0. The van der Waals surface area contributed by atoms with Crippen LogP contribution in [0.15, 0.2) is 6.07 Å². The van der Waals surface area contributed by atoms with Gasteiger partial charge in [0.1, 0.15) is 16.4 Å². The zero-order valence-electron chi connectivity index (χ0n) is 7.42. The highest BCUT2D eigenvalue weighted by atomic mass is 35.5. The molecule has 1 rings (SSSR count). The van der Waals surface area contributed by atoms with E-state index in [2.05, 4.69) is 9.97 Å². The lowest BCUT2D eigenvalue weighted by Crippen LogP contribution is -2.05. The largest absolute Gasteiger partial charge is 0.371 e. The lowest BCUT2D eigenvalue weighted by Gasteiger charge is -2.09. The third-order valence-corrected chi connectivity index (χ3v) is 1.85. The molecule has 5 heteroatoms. The Bertz CT molecular complexity index is 273. The van der Waals surface area contributed by atoms with Crippen molar-refractivity contribution >= 4 is 23.2 Å². The Balaban J connectivity index is 2.87. The molecule has 1 aromatic heterocycles. The fourth-order valence-corrected chi connectivity index (χ4v) is 1.35. The number of rotatable bonds is 3. The van der Waals surface area contributed by atoms with Crippen molar-refractivity contribution in [2.24, 2.45) is 0 Å². The van der Waals surface area contributed by atoms with Gasteiger partial charge in [0.05, 0.1) is 0 Å². The van der Waals surface area contributed by atoms with Gasteiger partial charge in [0, 0.05) is 12.7 Å². The maximum atomic E-state index is 5.70. The SMILES string of the molecule is CCOC(C)c1nc(Cl)cc(Cl)n1. The van der Waals surface area contributed by atoms with E-state index < -0.39 is 0 Å². The quantitative estimate of drug-likeness (QED) is 0.736. The monoisotopic (exact) mass is 220 g/mol. The van der Waals surface area contributed by atoms with Crippen LogP contribution >= 0.6 is 23.2 Å². The van der Waals surface area contributed by atoms with Gasteiger partial charge in [-0.05, 0) is 13.8 Å². The summed E-state index contributed by atoms with van der Waals surface area (Å²) in [6.45, 7) is 4.36. The molecular formula is C8H10Cl2N2O. The summed E-state index contributed by atoms with van der Waals surface area (Å²) < 4.78 is 5.30. The Morgan fingerprint density at radius 3 is 2.38 bits per heavy atom. The summed E-state index contributed by atoms with van der Waals surface area (Å²) in [6, 6.07) is 1.49. The lowest BCUT2D eigenvalue weighted by atomic mass is 10.4.